The van der Waals surface area contributed by atoms with Crippen LogP contribution in [0.3, 0.4) is 0 Å². The molecule has 0 radical (unpaired) electrons. The summed E-state index contributed by atoms with van der Waals surface area (Å²) in [5.41, 5.74) is 3.39. The molecule has 142 valence electrons. The van der Waals surface area contributed by atoms with E-state index in [2.05, 4.69) is 15.3 Å². The summed E-state index contributed by atoms with van der Waals surface area (Å²) in [6, 6.07) is 14.4. The normalized spacial score (nSPS) is 11.2. The number of nitrogens with zero attached hydrogens (tertiary/aromatic N) is 2. The first-order valence-corrected chi connectivity index (χ1v) is 8.97. The molecule has 0 unspecified atom stereocenters. The van der Waals surface area contributed by atoms with Gasteiger partial charge in [-0.2, -0.15) is 0 Å². The van der Waals surface area contributed by atoms with Crippen LogP contribution >= 0.6 is 0 Å². The summed E-state index contributed by atoms with van der Waals surface area (Å²) < 4.78 is 5.21. The fraction of sp³-hybridized carbons (Fsp3) is 0.0455. The fourth-order valence-electron chi connectivity index (χ4n) is 3.54. The predicted octanol–water partition coefficient (Wildman–Crippen LogP) is 4.71. The molecule has 0 amide bonds. The van der Waals surface area contributed by atoms with Gasteiger partial charge in [0.05, 0.1) is 23.7 Å². The highest BCUT2D eigenvalue weighted by molar-refractivity contribution is 6.22. The highest BCUT2D eigenvalue weighted by Crippen LogP contribution is 2.36. The van der Waals surface area contributed by atoms with Crippen LogP contribution < -0.4 is 10.1 Å². The van der Waals surface area contributed by atoms with Gasteiger partial charge in [0.15, 0.2) is 5.82 Å². The molecule has 0 aliphatic carbocycles. The molecular formula is C22H16N4O3. The molecule has 3 aromatic heterocycles. The maximum Gasteiger partial charge on any atom is 0.335 e. The molecule has 0 spiro atoms. The van der Waals surface area contributed by atoms with Gasteiger partial charge in [-0.25, -0.2) is 9.78 Å². The Kier molecular flexibility index (Phi) is 3.80. The second-order valence-electron chi connectivity index (χ2n) is 6.65. The van der Waals surface area contributed by atoms with Gasteiger partial charge in [0.2, 0.25) is 0 Å². The smallest absolute Gasteiger partial charge is 0.335 e. The number of methoxy groups -OCH3 is 1. The van der Waals surface area contributed by atoms with Gasteiger partial charge in [-0.3, -0.25) is 4.98 Å². The van der Waals surface area contributed by atoms with Crippen LogP contribution in [-0.2, 0) is 0 Å². The Bertz CT molecular complexity index is 1390. The number of anilines is 2. The Morgan fingerprint density at radius 3 is 2.69 bits per heavy atom. The lowest BCUT2D eigenvalue weighted by Crippen LogP contribution is -1.99. The lowest BCUT2D eigenvalue weighted by molar-refractivity contribution is 0.0697. The van der Waals surface area contributed by atoms with Crippen molar-refractivity contribution in [3.05, 3.63) is 66.5 Å². The van der Waals surface area contributed by atoms with E-state index < -0.39 is 5.97 Å². The number of carboxylic acid groups (broad SMARTS) is 1. The van der Waals surface area contributed by atoms with Gasteiger partial charge in [-0.05, 0) is 42.5 Å². The minimum absolute atomic E-state index is 0.192. The number of carboxylic acids is 1. The number of fused-ring (bicyclic) bond motifs is 5. The van der Waals surface area contributed by atoms with Gasteiger partial charge >= 0.3 is 5.97 Å². The summed E-state index contributed by atoms with van der Waals surface area (Å²) in [4.78, 5) is 23.8. The Balaban J connectivity index is 1.78. The summed E-state index contributed by atoms with van der Waals surface area (Å²) >= 11 is 0. The number of ether oxygens (including phenoxy) is 1. The number of rotatable bonds is 4. The van der Waals surface area contributed by atoms with Gasteiger partial charge in [0.25, 0.3) is 0 Å². The average Bonchev–Trinajstić information content (AvgIpc) is 3.14. The van der Waals surface area contributed by atoms with Crippen molar-refractivity contribution in [2.75, 3.05) is 12.4 Å². The summed E-state index contributed by atoms with van der Waals surface area (Å²) in [6.45, 7) is 0. The topological polar surface area (TPSA) is 100 Å². The third kappa shape index (κ3) is 2.80. The lowest BCUT2D eigenvalue weighted by atomic mass is 10.1. The van der Waals surface area contributed by atoms with Crippen LogP contribution in [0.4, 0.5) is 11.5 Å². The number of aromatic nitrogens is 3. The fourth-order valence-corrected chi connectivity index (χ4v) is 3.54. The van der Waals surface area contributed by atoms with Crippen LogP contribution in [0.1, 0.15) is 10.4 Å². The molecule has 3 N–H and O–H groups in total. The highest BCUT2D eigenvalue weighted by Gasteiger charge is 2.16. The zero-order valence-electron chi connectivity index (χ0n) is 15.4. The molecule has 0 aliphatic heterocycles. The third-order valence-electron chi connectivity index (χ3n) is 4.94. The van der Waals surface area contributed by atoms with Crippen molar-refractivity contribution in [2.24, 2.45) is 0 Å². The van der Waals surface area contributed by atoms with Crippen molar-refractivity contribution in [2.45, 2.75) is 0 Å². The molecule has 0 saturated carbocycles. The lowest BCUT2D eigenvalue weighted by Gasteiger charge is -2.10. The zero-order chi connectivity index (χ0) is 20.0. The van der Waals surface area contributed by atoms with Crippen molar-refractivity contribution in [1.29, 1.82) is 0 Å². The predicted molar refractivity (Wildman–Crippen MR) is 112 cm³/mol. The average molecular weight is 384 g/mol. The number of hydrogen-bond acceptors (Lipinski definition) is 5. The summed E-state index contributed by atoms with van der Waals surface area (Å²) in [5.74, 6) is 0.380. The zero-order valence-corrected chi connectivity index (χ0v) is 15.4. The van der Waals surface area contributed by atoms with E-state index in [9.17, 15) is 9.90 Å². The van der Waals surface area contributed by atoms with E-state index in [1.54, 1.807) is 37.7 Å². The summed E-state index contributed by atoms with van der Waals surface area (Å²) in [7, 11) is 1.62. The van der Waals surface area contributed by atoms with Crippen LogP contribution in [0, 0.1) is 0 Å². The Labute approximate surface area is 165 Å². The molecule has 0 bridgehead atoms. The van der Waals surface area contributed by atoms with Gasteiger partial charge in [-0.15, -0.1) is 0 Å². The quantitative estimate of drug-likeness (QED) is 0.415. The number of benzene rings is 2. The first-order chi connectivity index (χ1) is 14.1. The van der Waals surface area contributed by atoms with E-state index in [1.807, 2.05) is 30.3 Å². The minimum atomic E-state index is -0.987. The molecule has 0 aliphatic rings. The number of pyridine rings is 2. The monoisotopic (exact) mass is 384 g/mol. The minimum Gasteiger partial charge on any atom is -0.497 e. The number of aromatic carboxylic acids is 1. The van der Waals surface area contributed by atoms with Crippen molar-refractivity contribution < 1.29 is 14.6 Å². The van der Waals surface area contributed by atoms with Crippen molar-refractivity contribution in [3.8, 4) is 5.75 Å². The molecule has 7 nitrogen and oxygen atoms in total. The molecule has 2 aromatic carbocycles. The second-order valence-corrected chi connectivity index (χ2v) is 6.65. The van der Waals surface area contributed by atoms with Gasteiger partial charge in [-0.1, -0.05) is 6.07 Å². The summed E-state index contributed by atoms with van der Waals surface area (Å²) in [6.07, 6.45) is 3.53. The number of H-pyrrole nitrogens is 1. The maximum atomic E-state index is 11.4. The van der Waals surface area contributed by atoms with E-state index in [0.717, 1.165) is 38.6 Å². The summed E-state index contributed by atoms with van der Waals surface area (Å²) in [5, 5.41) is 15.5. The first kappa shape index (κ1) is 17.0. The van der Waals surface area contributed by atoms with Crippen molar-refractivity contribution >= 4 is 50.2 Å². The van der Waals surface area contributed by atoms with E-state index in [-0.39, 0.29) is 5.56 Å². The van der Waals surface area contributed by atoms with Gasteiger partial charge < -0.3 is 20.1 Å². The molecule has 0 fully saturated rings. The van der Waals surface area contributed by atoms with Crippen LogP contribution in [0.2, 0.25) is 0 Å². The number of nitrogens with one attached hydrogen (secondary N) is 2. The van der Waals surface area contributed by atoms with Gasteiger partial charge in [0, 0.05) is 39.8 Å². The van der Waals surface area contributed by atoms with Crippen LogP contribution in [0.15, 0.2) is 60.9 Å². The third-order valence-corrected chi connectivity index (χ3v) is 4.94. The van der Waals surface area contributed by atoms with Crippen LogP contribution in [0.5, 0.6) is 5.75 Å². The Morgan fingerprint density at radius 2 is 1.93 bits per heavy atom. The molecule has 7 heteroatoms. The number of hydrogen-bond donors (Lipinski definition) is 3. The van der Waals surface area contributed by atoms with Crippen molar-refractivity contribution in [1.82, 2.24) is 15.0 Å². The second kappa shape index (κ2) is 6.49. The maximum absolute atomic E-state index is 11.4. The number of carbonyl (C=O) groups is 1. The van der Waals surface area contributed by atoms with Crippen LogP contribution in [-0.4, -0.2) is 33.1 Å². The highest BCUT2D eigenvalue weighted by atomic mass is 16.5. The van der Waals surface area contributed by atoms with Crippen LogP contribution in [0.25, 0.3) is 32.7 Å². The molecule has 0 atom stereocenters. The standard InChI is InChI=1S/C22H16N4O3/c1-29-14-5-3-13(4-6-14)24-21-20-19(16-11-23-9-8-17(16)25-20)15-7-2-12(22(27)28)10-18(15)26-21/h2-11,25H,1H3,(H,24,26)(H,27,28). The molecule has 5 aromatic rings. The first-order valence-electron chi connectivity index (χ1n) is 8.97. The molecule has 3 heterocycles. The SMILES string of the molecule is COc1ccc(Nc2nc3cc(C(=O)O)ccc3c3c2[nH]c2ccncc23)cc1. The molecule has 0 saturated heterocycles. The Morgan fingerprint density at radius 1 is 1.10 bits per heavy atom. The molecule has 5 rings (SSSR count). The molecule has 29 heavy (non-hydrogen) atoms. The Hall–Kier alpha value is -4.13. The van der Waals surface area contributed by atoms with E-state index in [1.165, 1.54) is 0 Å². The van der Waals surface area contributed by atoms with E-state index in [0.29, 0.717) is 11.3 Å². The molecular weight excluding hydrogens is 368 g/mol. The van der Waals surface area contributed by atoms with Gasteiger partial charge in [0.1, 0.15) is 5.75 Å². The largest absolute Gasteiger partial charge is 0.497 e. The van der Waals surface area contributed by atoms with E-state index >= 15 is 0 Å². The number of aromatic amines is 1. The van der Waals surface area contributed by atoms with E-state index in [4.69, 9.17) is 9.72 Å². The van der Waals surface area contributed by atoms with Crippen molar-refractivity contribution in [3.63, 3.8) is 0 Å².